The minimum Gasteiger partial charge on any atom is -0.302 e. The van der Waals surface area contributed by atoms with Crippen LogP contribution in [-0.2, 0) is 0 Å². The van der Waals surface area contributed by atoms with Gasteiger partial charge in [-0.05, 0) is 59.9 Å². The van der Waals surface area contributed by atoms with Gasteiger partial charge >= 0.3 is 0 Å². The van der Waals surface area contributed by atoms with Crippen molar-refractivity contribution in [2.75, 3.05) is 0 Å². The van der Waals surface area contributed by atoms with Crippen LogP contribution in [0.3, 0.4) is 0 Å². The van der Waals surface area contributed by atoms with Gasteiger partial charge in [-0.3, -0.25) is 4.57 Å². The quantitative estimate of drug-likeness (QED) is 0.273. The molecule has 0 aliphatic heterocycles. The van der Waals surface area contributed by atoms with E-state index in [0.717, 1.165) is 33.2 Å². The maximum atomic E-state index is 8.28. The number of fused-ring (bicyclic) bond motifs is 3. The molecular weight excluding hydrogens is 388 g/mol. The van der Waals surface area contributed by atoms with Crippen molar-refractivity contribution in [1.82, 2.24) is 9.13 Å². The molecule has 0 unspecified atom stereocenters. The van der Waals surface area contributed by atoms with Crippen molar-refractivity contribution in [2.45, 2.75) is 53.2 Å². The molecule has 2 nitrogen and oxygen atoms in total. The molecule has 0 amide bonds. The molecule has 0 aliphatic rings. The van der Waals surface area contributed by atoms with Gasteiger partial charge in [0.15, 0.2) is 0 Å². The van der Waals surface area contributed by atoms with Gasteiger partial charge in [-0.1, -0.05) is 82.3 Å². The van der Waals surface area contributed by atoms with Crippen LogP contribution in [0, 0.1) is 13.7 Å². The highest BCUT2D eigenvalue weighted by atomic mass is 15.2. The van der Waals surface area contributed by atoms with Crippen LogP contribution in [0.4, 0.5) is 0 Å². The molecule has 0 aliphatic carbocycles. The van der Waals surface area contributed by atoms with Crippen molar-refractivity contribution >= 4 is 21.8 Å². The summed E-state index contributed by atoms with van der Waals surface area (Å²) in [5.74, 6) is 1.10. The van der Waals surface area contributed by atoms with E-state index in [1.54, 1.807) is 4.57 Å². The Morgan fingerprint density at radius 3 is 2.03 bits per heavy atom. The van der Waals surface area contributed by atoms with Gasteiger partial charge in [-0.25, -0.2) is 0 Å². The molecule has 2 heterocycles. The largest absolute Gasteiger partial charge is 0.302 e. The van der Waals surface area contributed by atoms with E-state index in [4.69, 9.17) is 8.22 Å². The number of para-hydroxylation sites is 3. The molecule has 0 bridgehead atoms. The van der Waals surface area contributed by atoms with Crippen molar-refractivity contribution in [3.63, 3.8) is 0 Å². The molecule has 32 heavy (non-hydrogen) atoms. The van der Waals surface area contributed by atoms with E-state index in [1.807, 2.05) is 24.4 Å². The van der Waals surface area contributed by atoms with E-state index < -0.39 is 13.7 Å². The monoisotopic (exact) mass is 426 g/mol. The lowest BCUT2D eigenvalue weighted by atomic mass is 9.99. The average Bonchev–Trinajstić information content (AvgIpc) is 3.41. The summed E-state index contributed by atoms with van der Waals surface area (Å²) in [6.07, 6.45) is 1.82. The van der Waals surface area contributed by atoms with Gasteiger partial charge in [0.05, 0.1) is 16.7 Å². The maximum absolute atomic E-state index is 8.28. The second-order valence-electron chi connectivity index (χ2n) is 9.07. The lowest BCUT2D eigenvalue weighted by molar-refractivity contribution is 0.832. The van der Waals surface area contributed by atoms with Crippen LogP contribution in [-0.4, -0.2) is 9.13 Å². The highest BCUT2D eigenvalue weighted by Gasteiger charge is 2.23. The number of aromatic nitrogens is 2. The summed E-state index contributed by atoms with van der Waals surface area (Å²) in [6.45, 7) is 3.52. The number of nitrogens with zero attached hydrogens (tertiary/aromatic N) is 2. The topological polar surface area (TPSA) is 9.86 Å². The Labute approximate surface area is 199 Å². The third-order valence-electron chi connectivity index (χ3n) is 6.35. The third-order valence-corrected chi connectivity index (χ3v) is 6.35. The lowest BCUT2D eigenvalue weighted by Gasteiger charge is -2.21. The van der Waals surface area contributed by atoms with E-state index in [-0.39, 0.29) is 28.7 Å². The zero-order chi connectivity index (χ0) is 27.6. The first-order valence-electron chi connectivity index (χ1n) is 14.2. The van der Waals surface area contributed by atoms with Crippen LogP contribution >= 0.6 is 0 Å². The second-order valence-corrected chi connectivity index (χ2v) is 9.07. The standard InChI is InChI=1S/C30H32N2/c1-19(2)23-14-10-15-26-25-13-7-8-16-27(25)32(29(23)26)30-24(20(3)4)17-18-31(30)28-21(5)11-9-12-22(28)6/h7-20H,1-6H3/i5D3,6D3. The number of rotatable bonds is 4. The van der Waals surface area contributed by atoms with Gasteiger partial charge < -0.3 is 4.57 Å². The highest BCUT2D eigenvalue weighted by Crippen LogP contribution is 2.40. The second kappa shape index (κ2) is 7.70. The van der Waals surface area contributed by atoms with Crippen molar-refractivity contribution in [2.24, 2.45) is 0 Å². The van der Waals surface area contributed by atoms with Crippen LogP contribution in [0.5, 0.6) is 0 Å². The fourth-order valence-electron chi connectivity index (χ4n) is 4.84. The average molecular weight is 427 g/mol. The van der Waals surface area contributed by atoms with E-state index >= 15 is 0 Å². The van der Waals surface area contributed by atoms with Gasteiger partial charge in [0.1, 0.15) is 5.82 Å². The maximum Gasteiger partial charge on any atom is 0.125 e. The van der Waals surface area contributed by atoms with Gasteiger partial charge in [-0.2, -0.15) is 0 Å². The van der Waals surface area contributed by atoms with Crippen LogP contribution in [0.25, 0.3) is 33.3 Å². The summed E-state index contributed by atoms with van der Waals surface area (Å²) in [5, 5.41) is 2.20. The predicted octanol–water partition coefficient (Wildman–Crippen LogP) is 8.44. The molecule has 162 valence electrons. The minimum absolute atomic E-state index is 0.0168. The first-order valence-corrected chi connectivity index (χ1v) is 11.2. The molecule has 0 atom stereocenters. The lowest BCUT2D eigenvalue weighted by Crippen LogP contribution is -2.10. The molecule has 2 aromatic heterocycles. The molecule has 0 radical (unpaired) electrons. The fraction of sp³-hybridized carbons (Fsp3) is 0.267. The van der Waals surface area contributed by atoms with Crippen LogP contribution in [0.2, 0.25) is 0 Å². The van der Waals surface area contributed by atoms with Crippen molar-refractivity contribution in [1.29, 1.82) is 0 Å². The zero-order valence-electron chi connectivity index (χ0n) is 25.0. The first-order chi connectivity index (χ1) is 17.8. The predicted molar refractivity (Wildman–Crippen MR) is 138 cm³/mol. The normalized spacial score (nSPS) is 15.6. The van der Waals surface area contributed by atoms with E-state index in [9.17, 15) is 0 Å². The number of hydrogen-bond acceptors (Lipinski definition) is 0. The highest BCUT2D eigenvalue weighted by molar-refractivity contribution is 6.10. The number of benzene rings is 3. The Morgan fingerprint density at radius 1 is 0.688 bits per heavy atom. The van der Waals surface area contributed by atoms with E-state index in [1.165, 1.54) is 23.8 Å². The van der Waals surface area contributed by atoms with Crippen molar-refractivity contribution in [3.05, 3.63) is 95.2 Å². The zero-order valence-corrected chi connectivity index (χ0v) is 19.0. The van der Waals surface area contributed by atoms with Gasteiger partial charge in [0, 0.05) is 25.2 Å². The minimum atomic E-state index is -2.50. The first kappa shape index (κ1) is 14.7. The molecule has 5 rings (SSSR count). The molecule has 3 aromatic carbocycles. The molecule has 2 heteroatoms. The molecule has 0 fully saturated rings. The smallest absolute Gasteiger partial charge is 0.125 e. The summed E-state index contributed by atoms with van der Waals surface area (Å²) in [4.78, 5) is 0. The Kier molecular flexibility index (Phi) is 3.55. The summed E-state index contributed by atoms with van der Waals surface area (Å²) in [7, 11) is 0. The van der Waals surface area contributed by atoms with Crippen molar-refractivity contribution in [3.8, 4) is 11.5 Å². The Balaban J connectivity index is 2.03. The van der Waals surface area contributed by atoms with E-state index in [2.05, 4.69) is 62.6 Å². The van der Waals surface area contributed by atoms with Crippen LogP contribution < -0.4 is 0 Å². The van der Waals surface area contributed by atoms with Crippen molar-refractivity contribution < 1.29 is 8.22 Å². The Morgan fingerprint density at radius 2 is 1.34 bits per heavy atom. The summed E-state index contributed by atoms with van der Waals surface area (Å²) >= 11 is 0. The fourth-order valence-corrected chi connectivity index (χ4v) is 4.84. The number of hydrogen-bond donors (Lipinski definition) is 0. The molecular formula is C30H32N2. The van der Waals surface area contributed by atoms with Crippen LogP contribution in [0.15, 0.2) is 72.9 Å². The SMILES string of the molecule is [2H]C([2H])([2H])c1cccc(C([2H])([2H])[2H])c1-n1ccc(C(C)C)c1-n1c2ccccc2c2cccc(C(C)C)c21. The molecule has 0 spiro atoms. The Bertz CT molecular complexity index is 1620. The molecule has 0 saturated carbocycles. The van der Waals surface area contributed by atoms with E-state index in [0.29, 0.717) is 0 Å². The van der Waals surface area contributed by atoms with Gasteiger partial charge in [-0.15, -0.1) is 0 Å². The summed E-state index contributed by atoms with van der Waals surface area (Å²) in [5.41, 5.74) is 4.43. The molecule has 5 aromatic rings. The summed E-state index contributed by atoms with van der Waals surface area (Å²) in [6, 6.07) is 21.1. The van der Waals surface area contributed by atoms with Gasteiger partial charge in [0.2, 0.25) is 0 Å². The molecule has 0 N–H and O–H groups in total. The van der Waals surface area contributed by atoms with Crippen LogP contribution in [0.1, 0.15) is 70.0 Å². The third kappa shape index (κ3) is 3.01. The van der Waals surface area contributed by atoms with Gasteiger partial charge in [0.25, 0.3) is 0 Å². The Hall–Kier alpha value is -3.26. The number of aryl methyl sites for hydroxylation is 2. The summed E-state index contributed by atoms with van der Waals surface area (Å²) < 4.78 is 53.7. The molecule has 0 saturated heterocycles.